The zero-order valence-electron chi connectivity index (χ0n) is 14.0. The van der Waals surface area contributed by atoms with E-state index >= 15 is 0 Å². The van der Waals surface area contributed by atoms with E-state index in [9.17, 15) is 4.79 Å². The quantitative estimate of drug-likeness (QED) is 0.339. The fourth-order valence-corrected chi connectivity index (χ4v) is 2.58. The standard InChI is InChI=1S/C17H36BNO/c1-2-3-4-5-6-7-8-9-10-11-12-13-14-15-16-19-17(18)20/h2-16,18H2,1H3,(H,19,20). The summed E-state index contributed by atoms with van der Waals surface area (Å²) in [4.78, 5) is 10.7. The molecule has 0 aliphatic carbocycles. The molecule has 0 aromatic heterocycles. The molecule has 0 saturated heterocycles. The molecule has 0 saturated carbocycles. The van der Waals surface area contributed by atoms with Crippen molar-refractivity contribution in [1.82, 2.24) is 5.32 Å². The average molecular weight is 281 g/mol. The predicted molar refractivity (Wildman–Crippen MR) is 92.3 cm³/mol. The number of carbonyl (C=O) groups excluding carboxylic acids is 1. The molecule has 0 aromatic rings. The molecule has 0 radical (unpaired) electrons. The van der Waals surface area contributed by atoms with E-state index in [0.29, 0.717) is 0 Å². The molecule has 0 unspecified atom stereocenters. The lowest BCUT2D eigenvalue weighted by atomic mass is 10.0. The number of hydrogen-bond donors (Lipinski definition) is 1. The van der Waals surface area contributed by atoms with E-state index in [0.717, 1.165) is 13.0 Å². The molecule has 0 aliphatic heterocycles. The van der Waals surface area contributed by atoms with Gasteiger partial charge in [0.1, 0.15) is 0 Å². The van der Waals surface area contributed by atoms with Crippen molar-refractivity contribution >= 4 is 13.7 Å². The molecule has 0 rings (SSSR count). The number of unbranched alkanes of at least 4 members (excludes halogenated alkanes) is 13. The Hall–Kier alpha value is -0.465. The van der Waals surface area contributed by atoms with Gasteiger partial charge in [-0.1, -0.05) is 90.4 Å². The molecule has 0 spiro atoms. The SMILES string of the molecule is BC(=O)NCCCCCCCCCCCCCCCC. The predicted octanol–water partition coefficient (Wildman–Crippen LogP) is 4.81. The minimum absolute atomic E-state index is 0.0969. The maximum atomic E-state index is 10.7. The highest BCUT2D eigenvalue weighted by Crippen LogP contribution is 2.12. The number of rotatable bonds is 15. The van der Waals surface area contributed by atoms with Crippen LogP contribution in [0.25, 0.3) is 0 Å². The first-order valence-electron chi connectivity index (χ1n) is 9.01. The van der Waals surface area contributed by atoms with Gasteiger partial charge in [-0.05, 0) is 6.42 Å². The summed E-state index contributed by atoms with van der Waals surface area (Å²) >= 11 is 0. The topological polar surface area (TPSA) is 29.1 Å². The largest absolute Gasteiger partial charge is 0.365 e. The average Bonchev–Trinajstić information content (AvgIpc) is 2.43. The van der Waals surface area contributed by atoms with Crippen molar-refractivity contribution in [3.05, 3.63) is 0 Å². The maximum absolute atomic E-state index is 10.7. The zero-order chi connectivity index (χ0) is 14.9. The third-order valence-corrected chi connectivity index (χ3v) is 3.90. The molecule has 0 fully saturated rings. The number of hydrogen-bond acceptors (Lipinski definition) is 1. The molecule has 20 heavy (non-hydrogen) atoms. The third-order valence-electron chi connectivity index (χ3n) is 3.90. The van der Waals surface area contributed by atoms with E-state index < -0.39 is 0 Å². The summed E-state index contributed by atoms with van der Waals surface area (Å²) in [5.41, 5.74) is 0. The summed E-state index contributed by atoms with van der Waals surface area (Å²) in [5.74, 6) is 0.0969. The Morgan fingerprint density at radius 2 is 1.05 bits per heavy atom. The molecule has 118 valence electrons. The van der Waals surface area contributed by atoms with Gasteiger partial charge in [0.15, 0.2) is 5.81 Å². The summed E-state index contributed by atoms with van der Waals surface area (Å²) in [6, 6.07) is 0. The highest BCUT2D eigenvalue weighted by Gasteiger charge is 1.94. The van der Waals surface area contributed by atoms with Gasteiger partial charge in [0, 0.05) is 6.54 Å². The molecule has 0 atom stereocenters. The molecular formula is C17H36BNO. The normalized spacial score (nSPS) is 10.7. The van der Waals surface area contributed by atoms with Gasteiger partial charge in [0.05, 0.1) is 0 Å². The zero-order valence-corrected chi connectivity index (χ0v) is 14.0. The van der Waals surface area contributed by atoms with E-state index in [1.54, 1.807) is 7.85 Å². The Morgan fingerprint density at radius 3 is 1.40 bits per heavy atom. The van der Waals surface area contributed by atoms with Crippen LogP contribution in [0.2, 0.25) is 0 Å². The fourth-order valence-electron chi connectivity index (χ4n) is 2.58. The summed E-state index contributed by atoms with van der Waals surface area (Å²) in [5, 5.41) is 2.85. The van der Waals surface area contributed by atoms with Crippen molar-refractivity contribution in [2.24, 2.45) is 0 Å². The molecule has 0 aromatic carbocycles. The van der Waals surface area contributed by atoms with Gasteiger partial charge in [-0.3, -0.25) is 4.79 Å². The highest BCUT2D eigenvalue weighted by molar-refractivity contribution is 6.57. The third kappa shape index (κ3) is 17.5. The van der Waals surface area contributed by atoms with Crippen molar-refractivity contribution in [3.8, 4) is 0 Å². The van der Waals surface area contributed by atoms with Crippen LogP contribution in [-0.4, -0.2) is 20.2 Å². The van der Waals surface area contributed by atoms with E-state index in [2.05, 4.69) is 12.2 Å². The molecule has 2 nitrogen and oxygen atoms in total. The van der Waals surface area contributed by atoms with Crippen LogP contribution in [0.3, 0.4) is 0 Å². The minimum atomic E-state index is 0.0969. The van der Waals surface area contributed by atoms with Gasteiger partial charge in [-0.2, -0.15) is 0 Å². The molecule has 0 heterocycles. The molecule has 0 aliphatic rings. The maximum Gasteiger partial charge on any atom is 0.215 e. The van der Waals surface area contributed by atoms with Crippen LogP contribution >= 0.6 is 0 Å². The molecule has 1 amide bonds. The van der Waals surface area contributed by atoms with E-state index in [4.69, 9.17) is 0 Å². The first-order chi connectivity index (χ1) is 9.77. The lowest BCUT2D eigenvalue weighted by Crippen LogP contribution is -2.22. The Labute approximate surface area is 127 Å². The molecule has 3 heteroatoms. The van der Waals surface area contributed by atoms with Gasteiger partial charge >= 0.3 is 0 Å². The lowest BCUT2D eigenvalue weighted by Gasteiger charge is -2.04. The second-order valence-corrected chi connectivity index (χ2v) is 6.08. The Balaban J connectivity index is 2.94. The first-order valence-corrected chi connectivity index (χ1v) is 9.01. The van der Waals surface area contributed by atoms with Crippen molar-refractivity contribution in [2.45, 2.75) is 96.8 Å². The van der Waals surface area contributed by atoms with Gasteiger partial charge < -0.3 is 5.32 Å². The van der Waals surface area contributed by atoms with Crippen molar-refractivity contribution in [3.63, 3.8) is 0 Å². The van der Waals surface area contributed by atoms with Crippen molar-refractivity contribution in [2.75, 3.05) is 6.54 Å². The van der Waals surface area contributed by atoms with E-state index in [1.165, 1.54) is 83.5 Å². The summed E-state index contributed by atoms with van der Waals surface area (Å²) in [6.45, 7) is 3.13. The minimum Gasteiger partial charge on any atom is -0.365 e. The first kappa shape index (κ1) is 19.5. The highest BCUT2D eigenvalue weighted by atomic mass is 16.1. The van der Waals surface area contributed by atoms with Gasteiger partial charge in [-0.25, -0.2) is 0 Å². The van der Waals surface area contributed by atoms with Crippen molar-refractivity contribution in [1.29, 1.82) is 0 Å². The van der Waals surface area contributed by atoms with E-state index in [1.807, 2.05) is 0 Å². The lowest BCUT2D eigenvalue weighted by molar-refractivity contribution is 0.259. The van der Waals surface area contributed by atoms with Crippen LogP contribution in [0.5, 0.6) is 0 Å². The Bertz CT molecular complexity index is 209. The Morgan fingerprint density at radius 1 is 0.700 bits per heavy atom. The van der Waals surface area contributed by atoms with Gasteiger partial charge in [0.25, 0.3) is 0 Å². The number of nitrogens with one attached hydrogen (secondary N) is 1. The van der Waals surface area contributed by atoms with Crippen LogP contribution < -0.4 is 5.32 Å². The van der Waals surface area contributed by atoms with Gasteiger partial charge in [-0.15, -0.1) is 0 Å². The summed E-state index contributed by atoms with van der Waals surface area (Å²) < 4.78 is 0. The molecule has 1 N–H and O–H groups in total. The second-order valence-electron chi connectivity index (χ2n) is 6.08. The van der Waals surface area contributed by atoms with Crippen LogP contribution in [0.4, 0.5) is 4.79 Å². The smallest absolute Gasteiger partial charge is 0.215 e. The fraction of sp³-hybridized carbons (Fsp3) is 0.941. The number of carbonyl (C=O) groups is 1. The molecule has 0 bridgehead atoms. The monoisotopic (exact) mass is 281 g/mol. The van der Waals surface area contributed by atoms with Crippen LogP contribution in [0.1, 0.15) is 96.8 Å². The van der Waals surface area contributed by atoms with Crippen molar-refractivity contribution < 1.29 is 4.79 Å². The van der Waals surface area contributed by atoms with E-state index in [-0.39, 0.29) is 5.81 Å². The van der Waals surface area contributed by atoms with Crippen LogP contribution in [0.15, 0.2) is 0 Å². The number of amides is 1. The summed E-state index contributed by atoms with van der Waals surface area (Å²) in [7, 11) is 1.59. The summed E-state index contributed by atoms with van der Waals surface area (Å²) in [6.07, 6.45) is 19.3. The molecular weight excluding hydrogens is 245 g/mol. The second kappa shape index (κ2) is 16.6. The van der Waals surface area contributed by atoms with Gasteiger partial charge in [0.2, 0.25) is 7.85 Å². The van der Waals surface area contributed by atoms with Crippen LogP contribution in [-0.2, 0) is 0 Å². The Kier molecular flexibility index (Phi) is 16.2. The van der Waals surface area contributed by atoms with Crippen LogP contribution in [0, 0.1) is 0 Å².